The van der Waals surface area contributed by atoms with Gasteiger partial charge in [0.05, 0.1) is 15.6 Å². The molecular weight excluding hydrogens is 416 g/mol. The van der Waals surface area contributed by atoms with Gasteiger partial charge in [-0.05, 0) is 49.1 Å². The highest BCUT2D eigenvalue weighted by Gasteiger charge is 2.29. The van der Waals surface area contributed by atoms with Gasteiger partial charge in [0.25, 0.3) is 15.9 Å². The number of halogens is 1. The third-order valence-electron chi connectivity index (χ3n) is 4.57. The number of carbonyl (C=O) groups is 1. The van der Waals surface area contributed by atoms with E-state index < -0.39 is 10.0 Å². The predicted molar refractivity (Wildman–Crippen MR) is 111 cm³/mol. The summed E-state index contributed by atoms with van der Waals surface area (Å²) in [6, 6.07) is 11.7. The van der Waals surface area contributed by atoms with Crippen LogP contribution < -0.4 is 14.4 Å². The van der Waals surface area contributed by atoms with Gasteiger partial charge < -0.3 is 15.2 Å². The maximum atomic E-state index is 13.2. The number of aliphatic hydroxyl groups is 1. The Kier molecular flexibility index (Phi) is 7.00. The van der Waals surface area contributed by atoms with Crippen LogP contribution in [0.5, 0.6) is 5.75 Å². The second-order valence-corrected chi connectivity index (χ2v) is 8.89. The highest BCUT2D eigenvalue weighted by molar-refractivity contribution is 7.92. The number of nitrogens with one attached hydrogen (secondary N) is 1. The van der Waals surface area contributed by atoms with Crippen molar-refractivity contribution in [2.45, 2.75) is 24.2 Å². The van der Waals surface area contributed by atoms with Crippen molar-refractivity contribution in [1.29, 1.82) is 0 Å². The van der Waals surface area contributed by atoms with Crippen molar-refractivity contribution in [3.63, 3.8) is 0 Å². The molecule has 0 radical (unpaired) electrons. The highest BCUT2D eigenvalue weighted by Crippen LogP contribution is 2.34. The van der Waals surface area contributed by atoms with Gasteiger partial charge in [0, 0.05) is 19.7 Å². The summed E-state index contributed by atoms with van der Waals surface area (Å²) >= 11 is 6.21. The van der Waals surface area contributed by atoms with Crippen LogP contribution in [0, 0.1) is 0 Å². The standard InChI is InChI=1S/C20H23ClN2O5S/c21-17-13-16(8-9-19(17)28-14-20(25)22-10-4-12-24)29(26,27)23-11-3-6-15-5-1-2-7-18(15)23/h1-2,5,7-9,13,24H,3-4,6,10-12,14H2,(H,22,25). The summed E-state index contributed by atoms with van der Waals surface area (Å²) in [7, 11) is -3.77. The molecule has 0 unspecified atom stereocenters. The molecule has 1 aliphatic rings. The van der Waals surface area contributed by atoms with Gasteiger partial charge in [0.2, 0.25) is 0 Å². The van der Waals surface area contributed by atoms with E-state index in [9.17, 15) is 13.2 Å². The molecule has 0 aromatic heterocycles. The number of hydrogen-bond acceptors (Lipinski definition) is 5. The lowest BCUT2D eigenvalue weighted by Gasteiger charge is -2.30. The molecule has 0 aliphatic carbocycles. The van der Waals surface area contributed by atoms with E-state index in [-0.39, 0.29) is 34.8 Å². The Bertz CT molecular complexity index is 981. The first-order valence-electron chi connectivity index (χ1n) is 9.34. The third-order valence-corrected chi connectivity index (χ3v) is 6.68. The average molecular weight is 439 g/mol. The number of sulfonamides is 1. The molecule has 1 aliphatic heterocycles. The van der Waals surface area contributed by atoms with Gasteiger partial charge in [-0.2, -0.15) is 0 Å². The number of fused-ring (bicyclic) bond motifs is 1. The van der Waals surface area contributed by atoms with Crippen LogP contribution in [-0.2, 0) is 21.2 Å². The fourth-order valence-electron chi connectivity index (χ4n) is 3.14. The zero-order chi connectivity index (χ0) is 20.9. The van der Waals surface area contributed by atoms with Gasteiger partial charge >= 0.3 is 0 Å². The zero-order valence-corrected chi connectivity index (χ0v) is 17.4. The predicted octanol–water partition coefficient (Wildman–Crippen LogP) is 2.36. The summed E-state index contributed by atoms with van der Waals surface area (Å²) in [4.78, 5) is 11.8. The number of para-hydroxylation sites is 1. The SMILES string of the molecule is O=C(COc1ccc(S(=O)(=O)N2CCCc3ccccc32)cc1Cl)NCCCO. The van der Waals surface area contributed by atoms with E-state index in [0.29, 0.717) is 25.2 Å². The molecule has 0 atom stereocenters. The lowest BCUT2D eigenvalue weighted by atomic mass is 10.0. The van der Waals surface area contributed by atoms with Crippen molar-refractivity contribution in [3.8, 4) is 5.75 Å². The lowest BCUT2D eigenvalue weighted by molar-refractivity contribution is -0.123. The van der Waals surface area contributed by atoms with Crippen molar-refractivity contribution in [3.05, 3.63) is 53.1 Å². The Balaban J connectivity index is 1.74. The van der Waals surface area contributed by atoms with Gasteiger partial charge in [-0.1, -0.05) is 29.8 Å². The number of anilines is 1. The first kappa shape index (κ1) is 21.4. The van der Waals surface area contributed by atoms with E-state index in [0.717, 1.165) is 18.4 Å². The molecule has 0 saturated heterocycles. The minimum atomic E-state index is -3.77. The minimum Gasteiger partial charge on any atom is -0.482 e. The number of benzene rings is 2. The molecule has 0 fully saturated rings. The van der Waals surface area contributed by atoms with Crippen molar-refractivity contribution in [1.82, 2.24) is 5.32 Å². The molecule has 9 heteroatoms. The molecule has 29 heavy (non-hydrogen) atoms. The number of carbonyl (C=O) groups excluding carboxylic acids is 1. The number of aliphatic hydroxyl groups excluding tert-OH is 1. The number of hydrogen-bond donors (Lipinski definition) is 2. The highest BCUT2D eigenvalue weighted by atomic mass is 35.5. The summed E-state index contributed by atoms with van der Waals surface area (Å²) in [6.45, 7) is 0.491. The van der Waals surface area contributed by atoms with Gasteiger partial charge in [-0.15, -0.1) is 0 Å². The van der Waals surface area contributed by atoms with Crippen LogP contribution in [0.2, 0.25) is 5.02 Å². The topological polar surface area (TPSA) is 95.9 Å². The molecule has 1 amide bonds. The molecule has 0 saturated carbocycles. The number of ether oxygens (including phenoxy) is 1. The van der Waals surface area contributed by atoms with Gasteiger partial charge in [-0.25, -0.2) is 8.42 Å². The number of amides is 1. The summed E-state index contributed by atoms with van der Waals surface area (Å²) in [6.07, 6.45) is 2.05. The fraction of sp³-hybridized carbons (Fsp3) is 0.350. The molecule has 7 nitrogen and oxygen atoms in total. The van der Waals surface area contributed by atoms with Crippen LogP contribution in [-0.4, -0.2) is 45.7 Å². The van der Waals surface area contributed by atoms with Gasteiger partial charge in [0.15, 0.2) is 6.61 Å². The Hall–Kier alpha value is -2.29. The van der Waals surface area contributed by atoms with Gasteiger partial charge in [-0.3, -0.25) is 9.10 Å². The first-order chi connectivity index (χ1) is 13.9. The van der Waals surface area contributed by atoms with Crippen molar-refractivity contribution in [2.75, 3.05) is 30.6 Å². The van der Waals surface area contributed by atoms with E-state index in [4.69, 9.17) is 21.4 Å². The fourth-order valence-corrected chi connectivity index (χ4v) is 5.00. The van der Waals surface area contributed by atoms with Crippen LogP contribution in [0.3, 0.4) is 0 Å². The van der Waals surface area contributed by atoms with E-state index in [1.807, 2.05) is 18.2 Å². The Morgan fingerprint density at radius 2 is 2.03 bits per heavy atom. The van der Waals surface area contributed by atoms with Crippen molar-refractivity contribution < 1.29 is 23.1 Å². The summed E-state index contributed by atoms with van der Waals surface area (Å²) < 4.78 is 33.1. The molecular formula is C20H23ClN2O5S. The van der Waals surface area contributed by atoms with Gasteiger partial charge in [0.1, 0.15) is 5.75 Å². The molecule has 1 heterocycles. The van der Waals surface area contributed by atoms with E-state index >= 15 is 0 Å². The van der Waals surface area contributed by atoms with Crippen LogP contribution in [0.25, 0.3) is 0 Å². The average Bonchev–Trinajstić information content (AvgIpc) is 2.72. The molecule has 2 aromatic rings. The maximum Gasteiger partial charge on any atom is 0.264 e. The largest absolute Gasteiger partial charge is 0.482 e. The van der Waals surface area contributed by atoms with E-state index in [1.165, 1.54) is 22.5 Å². The normalized spacial score (nSPS) is 13.7. The monoisotopic (exact) mass is 438 g/mol. The lowest BCUT2D eigenvalue weighted by Crippen LogP contribution is -2.35. The first-order valence-corrected chi connectivity index (χ1v) is 11.2. The number of rotatable bonds is 8. The molecule has 2 N–H and O–H groups in total. The second-order valence-electron chi connectivity index (χ2n) is 6.62. The van der Waals surface area contributed by atoms with Crippen molar-refractivity contribution in [2.24, 2.45) is 0 Å². The molecule has 0 bridgehead atoms. The van der Waals surface area contributed by atoms with Crippen LogP contribution in [0.15, 0.2) is 47.4 Å². The van der Waals surface area contributed by atoms with Crippen LogP contribution >= 0.6 is 11.6 Å². The van der Waals surface area contributed by atoms with Crippen molar-refractivity contribution >= 4 is 33.2 Å². The van der Waals surface area contributed by atoms with Crippen LogP contribution in [0.4, 0.5) is 5.69 Å². The van der Waals surface area contributed by atoms with E-state index in [2.05, 4.69) is 5.32 Å². The number of aryl methyl sites for hydroxylation is 1. The smallest absolute Gasteiger partial charge is 0.264 e. The number of nitrogens with zero attached hydrogens (tertiary/aromatic N) is 1. The summed E-state index contributed by atoms with van der Waals surface area (Å²) in [5.41, 5.74) is 1.69. The van der Waals surface area contributed by atoms with Crippen LogP contribution in [0.1, 0.15) is 18.4 Å². The Morgan fingerprint density at radius 1 is 1.24 bits per heavy atom. The van der Waals surface area contributed by atoms with E-state index in [1.54, 1.807) is 6.07 Å². The molecule has 156 valence electrons. The quantitative estimate of drug-likeness (QED) is 0.617. The Labute approximate surface area is 175 Å². The molecule has 2 aromatic carbocycles. The third kappa shape index (κ3) is 5.01. The second kappa shape index (κ2) is 9.47. The summed E-state index contributed by atoms with van der Waals surface area (Å²) in [5, 5.41) is 11.4. The zero-order valence-electron chi connectivity index (χ0n) is 15.8. The minimum absolute atomic E-state index is 0.00953. The molecule has 3 rings (SSSR count). The summed E-state index contributed by atoms with van der Waals surface area (Å²) in [5.74, 6) is -0.127. The maximum absolute atomic E-state index is 13.2. The Morgan fingerprint density at radius 3 is 2.79 bits per heavy atom. The molecule has 0 spiro atoms.